The number of rotatable bonds is 3. The maximum Gasteiger partial charge on any atom is 0.0532 e. The molecule has 3 heteroatoms. The second kappa shape index (κ2) is 5.66. The van der Waals surface area contributed by atoms with Gasteiger partial charge in [-0.25, -0.2) is 0 Å². The normalized spacial score (nSPS) is 10.8. The first-order valence-electron chi connectivity index (χ1n) is 6.40. The molecule has 2 aromatic carbocycles. The minimum Gasteiger partial charge on any atom is -0.398 e. The Bertz CT molecular complexity index is 574. The number of nitrogens with two attached hydrogens (primary N) is 1. The van der Waals surface area contributed by atoms with Gasteiger partial charge in [0, 0.05) is 15.8 Å². The van der Waals surface area contributed by atoms with Gasteiger partial charge in [-0.2, -0.15) is 0 Å². The topological polar surface area (TPSA) is 38.0 Å². The Kier molecular flexibility index (Phi) is 4.15. The van der Waals surface area contributed by atoms with E-state index in [1.54, 1.807) is 0 Å². The molecule has 0 saturated carbocycles. The van der Waals surface area contributed by atoms with Crippen LogP contribution in [0.4, 0.5) is 17.1 Å². The van der Waals surface area contributed by atoms with Crippen LogP contribution in [0.2, 0.25) is 0 Å². The van der Waals surface area contributed by atoms with Crippen molar-refractivity contribution in [1.29, 1.82) is 0 Å². The van der Waals surface area contributed by atoms with Crippen molar-refractivity contribution in [3.8, 4) is 0 Å². The van der Waals surface area contributed by atoms with Crippen LogP contribution in [0.5, 0.6) is 0 Å². The lowest BCUT2D eigenvalue weighted by Crippen LogP contribution is -1.96. The lowest BCUT2D eigenvalue weighted by Gasteiger charge is -2.12. The van der Waals surface area contributed by atoms with E-state index in [2.05, 4.69) is 65.4 Å². The molecule has 2 rings (SSSR count). The summed E-state index contributed by atoms with van der Waals surface area (Å²) in [5.41, 5.74) is 11.2. The summed E-state index contributed by atoms with van der Waals surface area (Å²) in [7, 11) is 0. The fourth-order valence-corrected chi connectivity index (χ4v) is 2.36. The van der Waals surface area contributed by atoms with Crippen LogP contribution in [-0.2, 0) is 0 Å². The zero-order chi connectivity index (χ0) is 14.0. The van der Waals surface area contributed by atoms with Crippen molar-refractivity contribution in [2.24, 2.45) is 0 Å². The Balaban J connectivity index is 2.24. The molecule has 0 radical (unpaired) electrons. The van der Waals surface area contributed by atoms with E-state index in [9.17, 15) is 0 Å². The van der Waals surface area contributed by atoms with E-state index in [4.69, 9.17) is 5.73 Å². The van der Waals surface area contributed by atoms with Gasteiger partial charge in [0.2, 0.25) is 0 Å². The monoisotopic (exact) mass is 318 g/mol. The summed E-state index contributed by atoms with van der Waals surface area (Å²) >= 11 is 3.53. The SMILES string of the molecule is Cc1cc(Nc2ccc(C(C)C)cc2)c(Br)cc1N. The molecule has 3 N–H and O–H groups in total. The highest BCUT2D eigenvalue weighted by Gasteiger charge is 2.04. The first kappa shape index (κ1) is 13.9. The summed E-state index contributed by atoms with van der Waals surface area (Å²) in [6.45, 7) is 6.40. The van der Waals surface area contributed by atoms with Crippen molar-refractivity contribution in [1.82, 2.24) is 0 Å². The van der Waals surface area contributed by atoms with Crippen LogP contribution < -0.4 is 11.1 Å². The van der Waals surface area contributed by atoms with Crippen molar-refractivity contribution in [3.05, 3.63) is 52.0 Å². The molecule has 0 bridgehead atoms. The fourth-order valence-electron chi connectivity index (χ4n) is 1.90. The predicted octanol–water partition coefficient (Wildman–Crippen LogP) is 5.21. The highest BCUT2D eigenvalue weighted by atomic mass is 79.9. The van der Waals surface area contributed by atoms with Gasteiger partial charge in [0.15, 0.2) is 0 Å². The molecule has 0 atom stereocenters. The van der Waals surface area contributed by atoms with E-state index in [1.165, 1.54) is 5.56 Å². The molecular formula is C16H19BrN2. The molecular weight excluding hydrogens is 300 g/mol. The Morgan fingerprint density at radius 3 is 2.32 bits per heavy atom. The third kappa shape index (κ3) is 3.29. The highest BCUT2D eigenvalue weighted by molar-refractivity contribution is 9.10. The number of benzene rings is 2. The minimum absolute atomic E-state index is 0.555. The highest BCUT2D eigenvalue weighted by Crippen LogP contribution is 2.30. The van der Waals surface area contributed by atoms with Crippen LogP contribution in [0.1, 0.15) is 30.9 Å². The first-order valence-corrected chi connectivity index (χ1v) is 7.19. The maximum absolute atomic E-state index is 5.88. The molecule has 0 aliphatic rings. The third-order valence-corrected chi connectivity index (χ3v) is 3.87. The van der Waals surface area contributed by atoms with E-state index < -0.39 is 0 Å². The van der Waals surface area contributed by atoms with Crippen LogP contribution in [0, 0.1) is 6.92 Å². The van der Waals surface area contributed by atoms with Crippen molar-refractivity contribution >= 4 is 33.0 Å². The molecule has 0 amide bonds. The molecule has 0 aliphatic carbocycles. The van der Waals surface area contributed by atoms with Crippen molar-refractivity contribution < 1.29 is 0 Å². The molecule has 0 unspecified atom stereocenters. The van der Waals surface area contributed by atoms with E-state index in [0.29, 0.717) is 5.92 Å². The standard InChI is InChI=1S/C16H19BrN2/c1-10(2)12-4-6-13(7-5-12)19-16-8-11(3)15(18)9-14(16)17/h4-10,19H,18H2,1-3H3. The van der Waals surface area contributed by atoms with Crippen molar-refractivity contribution in [2.45, 2.75) is 26.7 Å². The molecule has 0 saturated heterocycles. The summed E-state index contributed by atoms with van der Waals surface area (Å²) in [5.74, 6) is 0.555. The van der Waals surface area contributed by atoms with Gasteiger partial charge in [0.1, 0.15) is 0 Å². The van der Waals surface area contributed by atoms with Crippen LogP contribution in [0.3, 0.4) is 0 Å². The van der Waals surface area contributed by atoms with E-state index >= 15 is 0 Å². The average Bonchev–Trinajstić information content (AvgIpc) is 2.36. The lowest BCUT2D eigenvalue weighted by atomic mass is 10.0. The molecule has 2 aromatic rings. The molecule has 2 nitrogen and oxygen atoms in total. The van der Waals surface area contributed by atoms with Crippen LogP contribution in [0.25, 0.3) is 0 Å². The van der Waals surface area contributed by atoms with Gasteiger partial charge in [0.25, 0.3) is 0 Å². The van der Waals surface area contributed by atoms with Gasteiger partial charge in [-0.1, -0.05) is 26.0 Å². The van der Waals surface area contributed by atoms with Crippen molar-refractivity contribution in [3.63, 3.8) is 0 Å². The van der Waals surface area contributed by atoms with E-state index in [-0.39, 0.29) is 0 Å². The Morgan fingerprint density at radius 1 is 1.11 bits per heavy atom. The van der Waals surface area contributed by atoms with E-state index in [1.807, 2.05) is 13.0 Å². The fraction of sp³-hybridized carbons (Fsp3) is 0.250. The van der Waals surface area contributed by atoms with E-state index in [0.717, 1.165) is 27.1 Å². The zero-order valence-electron chi connectivity index (χ0n) is 11.5. The lowest BCUT2D eigenvalue weighted by molar-refractivity contribution is 0.867. The molecule has 19 heavy (non-hydrogen) atoms. The number of anilines is 3. The van der Waals surface area contributed by atoms with Gasteiger partial charge in [-0.05, 0) is 64.2 Å². The van der Waals surface area contributed by atoms with Gasteiger partial charge in [-0.3, -0.25) is 0 Å². The predicted molar refractivity (Wildman–Crippen MR) is 87.1 cm³/mol. The Hall–Kier alpha value is -1.48. The summed E-state index contributed by atoms with van der Waals surface area (Å²) in [6, 6.07) is 12.5. The van der Waals surface area contributed by atoms with Gasteiger partial charge >= 0.3 is 0 Å². The number of halogens is 1. The largest absolute Gasteiger partial charge is 0.398 e. The summed E-state index contributed by atoms with van der Waals surface area (Å²) < 4.78 is 0.975. The molecule has 0 heterocycles. The Labute approximate surface area is 123 Å². The summed E-state index contributed by atoms with van der Waals surface area (Å²) in [5, 5.41) is 3.40. The molecule has 0 aromatic heterocycles. The van der Waals surface area contributed by atoms with Gasteiger partial charge < -0.3 is 11.1 Å². The average molecular weight is 319 g/mol. The first-order chi connectivity index (χ1) is 8.97. The van der Waals surface area contributed by atoms with Gasteiger partial charge in [0.05, 0.1) is 5.69 Å². The van der Waals surface area contributed by atoms with Crippen molar-refractivity contribution in [2.75, 3.05) is 11.1 Å². The quantitative estimate of drug-likeness (QED) is 0.762. The second-order valence-corrected chi connectivity index (χ2v) is 5.94. The second-order valence-electron chi connectivity index (χ2n) is 5.09. The number of nitrogens with one attached hydrogen (secondary N) is 1. The number of hydrogen-bond acceptors (Lipinski definition) is 2. The van der Waals surface area contributed by atoms with Crippen LogP contribution >= 0.6 is 15.9 Å². The number of nitrogen functional groups attached to an aromatic ring is 1. The minimum atomic E-state index is 0.555. The molecule has 100 valence electrons. The zero-order valence-corrected chi connectivity index (χ0v) is 13.1. The molecule has 0 fully saturated rings. The number of aryl methyl sites for hydroxylation is 1. The molecule has 0 spiro atoms. The number of hydrogen-bond donors (Lipinski definition) is 2. The molecule has 0 aliphatic heterocycles. The Morgan fingerprint density at radius 2 is 1.74 bits per heavy atom. The third-order valence-electron chi connectivity index (χ3n) is 3.21. The van der Waals surface area contributed by atoms with Crippen LogP contribution in [-0.4, -0.2) is 0 Å². The smallest absolute Gasteiger partial charge is 0.0532 e. The van der Waals surface area contributed by atoms with Crippen LogP contribution in [0.15, 0.2) is 40.9 Å². The summed E-state index contributed by atoms with van der Waals surface area (Å²) in [4.78, 5) is 0. The summed E-state index contributed by atoms with van der Waals surface area (Å²) in [6.07, 6.45) is 0. The van der Waals surface area contributed by atoms with Gasteiger partial charge in [-0.15, -0.1) is 0 Å². The maximum atomic E-state index is 5.88.